The van der Waals surface area contributed by atoms with Gasteiger partial charge in [-0.1, -0.05) is 38.7 Å². The van der Waals surface area contributed by atoms with Crippen molar-refractivity contribution in [2.75, 3.05) is 34.8 Å². The molecule has 1 aliphatic carbocycles. The Morgan fingerprint density at radius 3 is 2.84 bits per heavy atom. The normalized spacial score (nSPS) is 16.1. The quantitative estimate of drug-likeness (QED) is 0.667. The fourth-order valence-electron chi connectivity index (χ4n) is 4.71. The number of nitrogens with one attached hydrogen (secondary N) is 1. The fourth-order valence-corrected chi connectivity index (χ4v) is 4.71. The van der Waals surface area contributed by atoms with Crippen LogP contribution < -0.4 is 15.1 Å². The highest BCUT2D eigenvalue weighted by Gasteiger charge is 2.31. The van der Waals surface area contributed by atoms with Crippen molar-refractivity contribution in [3.8, 4) is 0 Å². The number of fused-ring (bicyclic) bond motifs is 2. The average Bonchev–Trinajstić information content (AvgIpc) is 2.98. The molecule has 1 aromatic heterocycles. The van der Waals surface area contributed by atoms with Crippen LogP contribution in [-0.4, -0.2) is 35.7 Å². The molecule has 0 saturated heterocycles. The molecule has 1 fully saturated rings. The predicted molar refractivity (Wildman–Crippen MR) is 126 cm³/mol. The van der Waals surface area contributed by atoms with Gasteiger partial charge in [0.1, 0.15) is 5.82 Å². The molecule has 4 rings (SSSR count). The number of aliphatic hydroxyl groups excluding tert-OH is 1. The maximum absolute atomic E-state index is 13.7. The summed E-state index contributed by atoms with van der Waals surface area (Å²) in [6.07, 6.45) is 9.40. The smallest absolute Gasteiger partial charge is 0.230 e. The molecule has 166 valence electrons. The Bertz CT molecular complexity index is 895. The number of carbonyl (C=O) groups is 1. The first kappa shape index (κ1) is 21.6. The number of benzene rings is 1. The lowest BCUT2D eigenvalue weighted by atomic mass is 9.88. The van der Waals surface area contributed by atoms with Crippen LogP contribution in [-0.2, 0) is 11.3 Å². The number of anilines is 4. The summed E-state index contributed by atoms with van der Waals surface area (Å²) >= 11 is 0. The summed E-state index contributed by atoms with van der Waals surface area (Å²) in [5, 5.41) is 13.0. The topological polar surface area (TPSA) is 68.7 Å². The van der Waals surface area contributed by atoms with Gasteiger partial charge in [0.05, 0.1) is 24.5 Å². The molecule has 1 aliphatic heterocycles. The van der Waals surface area contributed by atoms with Gasteiger partial charge in [-0.2, -0.15) is 0 Å². The van der Waals surface area contributed by atoms with Crippen molar-refractivity contribution in [3.63, 3.8) is 0 Å². The zero-order chi connectivity index (χ0) is 21.6. The van der Waals surface area contributed by atoms with Gasteiger partial charge in [0, 0.05) is 36.5 Å². The predicted octanol–water partition coefficient (Wildman–Crippen LogP) is 4.85. The maximum Gasteiger partial charge on any atom is 0.230 e. The molecule has 1 amide bonds. The SMILES string of the molecule is CCCCN(CCO)c1ccc2c(c1)N(C(=O)C1CCCCC1)Cc1cccnc1N2. The Balaban J connectivity index is 1.72. The summed E-state index contributed by atoms with van der Waals surface area (Å²) in [6, 6.07) is 10.2. The second-order valence-corrected chi connectivity index (χ2v) is 8.66. The first-order valence-electron chi connectivity index (χ1n) is 11.7. The molecule has 2 N–H and O–H groups in total. The van der Waals surface area contributed by atoms with Crippen LogP contribution in [0.15, 0.2) is 36.5 Å². The van der Waals surface area contributed by atoms with E-state index in [1.54, 1.807) is 6.20 Å². The minimum Gasteiger partial charge on any atom is -0.395 e. The Labute approximate surface area is 185 Å². The van der Waals surface area contributed by atoms with E-state index in [4.69, 9.17) is 0 Å². The molecule has 1 saturated carbocycles. The van der Waals surface area contributed by atoms with E-state index in [-0.39, 0.29) is 18.4 Å². The molecule has 0 spiro atoms. The second kappa shape index (κ2) is 10.1. The van der Waals surface area contributed by atoms with Crippen LogP contribution in [0.2, 0.25) is 0 Å². The van der Waals surface area contributed by atoms with Crippen LogP contribution in [0.1, 0.15) is 57.4 Å². The van der Waals surface area contributed by atoms with Gasteiger partial charge in [0.25, 0.3) is 0 Å². The third-order valence-corrected chi connectivity index (χ3v) is 6.48. The van der Waals surface area contributed by atoms with E-state index in [2.05, 4.69) is 34.3 Å². The minimum atomic E-state index is 0.0945. The number of hydrogen-bond donors (Lipinski definition) is 2. The van der Waals surface area contributed by atoms with Gasteiger partial charge >= 0.3 is 0 Å². The summed E-state index contributed by atoms with van der Waals surface area (Å²) in [6.45, 7) is 4.29. The Morgan fingerprint density at radius 2 is 2.06 bits per heavy atom. The summed E-state index contributed by atoms with van der Waals surface area (Å²) in [4.78, 5) is 22.4. The molecule has 0 atom stereocenters. The molecule has 0 bridgehead atoms. The van der Waals surface area contributed by atoms with Crippen molar-refractivity contribution in [2.45, 2.75) is 58.4 Å². The fraction of sp³-hybridized carbons (Fsp3) is 0.520. The van der Waals surface area contributed by atoms with Crippen LogP contribution in [0.3, 0.4) is 0 Å². The van der Waals surface area contributed by atoms with Gasteiger partial charge in [-0.3, -0.25) is 4.79 Å². The van der Waals surface area contributed by atoms with Crippen molar-refractivity contribution in [2.24, 2.45) is 5.92 Å². The van der Waals surface area contributed by atoms with Gasteiger partial charge in [0.2, 0.25) is 5.91 Å². The number of pyridine rings is 1. The van der Waals surface area contributed by atoms with Gasteiger partial charge in [-0.15, -0.1) is 0 Å². The van der Waals surface area contributed by atoms with E-state index in [0.29, 0.717) is 13.1 Å². The largest absolute Gasteiger partial charge is 0.395 e. The number of amides is 1. The van der Waals surface area contributed by atoms with Crippen molar-refractivity contribution in [3.05, 3.63) is 42.1 Å². The average molecular weight is 423 g/mol. The third kappa shape index (κ3) is 4.85. The second-order valence-electron chi connectivity index (χ2n) is 8.66. The van der Waals surface area contributed by atoms with Crippen LogP contribution in [0.25, 0.3) is 0 Å². The number of hydrogen-bond acceptors (Lipinski definition) is 5. The van der Waals surface area contributed by atoms with Crippen LogP contribution >= 0.6 is 0 Å². The molecule has 6 nitrogen and oxygen atoms in total. The Kier molecular flexibility index (Phi) is 7.07. The monoisotopic (exact) mass is 422 g/mol. The molecule has 0 unspecified atom stereocenters. The molecule has 2 heterocycles. The summed E-state index contributed by atoms with van der Waals surface area (Å²) < 4.78 is 0. The highest BCUT2D eigenvalue weighted by molar-refractivity contribution is 6.00. The Morgan fingerprint density at radius 1 is 1.23 bits per heavy atom. The van der Waals surface area contributed by atoms with E-state index in [1.807, 2.05) is 23.1 Å². The number of aromatic nitrogens is 1. The van der Waals surface area contributed by atoms with E-state index >= 15 is 0 Å². The zero-order valence-corrected chi connectivity index (χ0v) is 18.5. The summed E-state index contributed by atoms with van der Waals surface area (Å²) in [5.41, 5.74) is 3.89. The standard InChI is InChI=1S/C25H34N4O2/c1-2-3-14-28(15-16-30)21-11-12-22-23(17-21)29(25(31)19-8-5-4-6-9-19)18-20-10-7-13-26-24(20)27-22/h7,10-13,17,19,30H,2-6,8-9,14-16,18H2,1H3,(H,26,27). The number of unbranched alkanes of at least 4 members (excludes halogenated alkanes) is 1. The lowest BCUT2D eigenvalue weighted by Crippen LogP contribution is -2.36. The minimum absolute atomic E-state index is 0.0945. The molecule has 1 aromatic carbocycles. The molecular weight excluding hydrogens is 388 g/mol. The number of nitrogens with zero attached hydrogens (tertiary/aromatic N) is 3. The molecular formula is C25H34N4O2. The first-order valence-corrected chi connectivity index (χ1v) is 11.7. The van der Waals surface area contributed by atoms with Crippen molar-refractivity contribution < 1.29 is 9.90 Å². The number of aliphatic hydroxyl groups is 1. The molecule has 31 heavy (non-hydrogen) atoms. The molecule has 0 radical (unpaired) electrons. The van der Waals surface area contributed by atoms with Gasteiger partial charge < -0.3 is 20.2 Å². The summed E-state index contributed by atoms with van der Waals surface area (Å²) in [5.74, 6) is 1.13. The van der Waals surface area contributed by atoms with E-state index in [9.17, 15) is 9.90 Å². The molecule has 2 aliphatic rings. The lowest BCUT2D eigenvalue weighted by Gasteiger charge is -2.31. The number of carbonyl (C=O) groups excluding carboxylic acids is 1. The zero-order valence-electron chi connectivity index (χ0n) is 18.5. The maximum atomic E-state index is 13.7. The summed E-state index contributed by atoms with van der Waals surface area (Å²) in [7, 11) is 0. The van der Waals surface area contributed by atoms with E-state index in [0.717, 1.165) is 73.5 Å². The Hall–Kier alpha value is -2.60. The van der Waals surface area contributed by atoms with E-state index in [1.165, 1.54) is 6.42 Å². The highest BCUT2D eigenvalue weighted by atomic mass is 16.3. The van der Waals surface area contributed by atoms with Gasteiger partial charge in [-0.25, -0.2) is 4.98 Å². The van der Waals surface area contributed by atoms with Crippen molar-refractivity contribution >= 4 is 28.8 Å². The van der Waals surface area contributed by atoms with Crippen molar-refractivity contribution in [1.29, 1.82) is 0 Å². The van der Waals surface area contributed by atoms with Crippen LogP contribution in [0.4, 0.5) is 22.9 Å². The third-order valence-electron chi connectivity index (χ3n) is 6.48. The van der Waals surface area contributed by atoms with Crippen LogP contribution in [0, 0.1) is 5.92 Å². The highest BCUT2D eigenvalue weighted by Crippen LogP contribution is 2.39. The number of rotatable bonds is 7. The lowest BCUT2D eigenvalue weighted by molar-refractivity contribution is -0.123. The van der Waals surface area contributed by atoms with Crippen molar-refractivity contribution in [1.82, 2.24) is 4.98 Å². The molecule has 2 aromatic rings. The van der Waals surface area contributed by atoms with Gasteiger partial charge in [-0.05, 0) is 43.5 Å². The van der Waals surface area contributed by atoms with Gasteiger partial charge in [0.15, 0.2) is 0 Å². The van der Waals surface area contributed by atoms with Crippen LogP contribution in [0.5, 0.6) is 0 Å². The van der Waals surface area contributed by atoms with E-state index < -0.39 is 0 Å². The first-order chi connectivity index (χ1) is 15.2. The molecule has 6 heteroatoms.